The van der Waals surface area contributed by atoms with E-state index in [2.05, 4.69) is 15.1 Å². The summed E-state index contributed by atoms with van der Waals surface area (Å²) >= 11 is 0. The summed E-state index contributed by atoms with van der Waals surface area (Å²) in [6.45, 7) is 5.06. The molecule has 0 unspecified atom stereocenters. The van der Waals surface area contributed by atoms with Crippen molar-refractivity contribution < 1.29 is 18.7 Å². The first-order valence-corrected chi connectivity index (χ1v) is 13.1. The summed E-state index contributed by atoms with van der Waals surface area (Å²) in [5.41, 5.74) is 2.99. The number of benzene rings is 2. The van der Waals surface area contributed by atoms with E-state index in [1.54, 1.807) is 17.0 Å². The van der Waals surface area contributed by atoms with E-state index in [-0.39, 0.29) is 30.7 Å². The van der Waals surface area contributed by atoms with Crippen molar-refractivity contribution in [2.24, 2.45) is 0 Å². The van der Waals surface area contributed by atoms with E-state index >= 15 is 0 Å². The molecule has 38 heavy (non-hydrogen) atoms. The number of carbonyl (C=O) groups excluding carboxylic acids is 2. The first kappa shape index (κ1) is 25.8. The van der Waals surface area contributed by atoms with E-state index in [0.29, 0.717) is 32.8 Å². The summed E-state index contributed by atoms with van der Waals surface area (Å²) in [6.07, 6.45) is 1.59. The van der Waals surface area contributed by atoms with Crippen LogP contribution in [-0.4, -0.2) is 83.8 Å². The van der Waals surface area contributed by atoms with Crippen LogP contribution in [0.4, 0.5) is 10.2 Å². The SMILES string of the molecule is Cc1ccc(-c2ccc(N3CCN(C(=O)CN(C[C@H]4CCCO4)C(=O)c4ccccc4F)CC3)nn2)cc1. The molecule has 3 aromatic rings. The first-order chi connectivity index (χ1) is 18.5. The molecule has 0 saturated carbocycles. The highest BCUT2D eigenvalue weighted by molar-refractivity contribution is 5.96. The molecule has 2 fully saturated rings. The molecule has 1 atom stereocenters. The van der Waals surface area contributed by atoms with Gasteiger partial charge in [-0.1, -0.05) is 42.0 Å². The summed E-state index contributed by atoms with van der Waals surface area (Å²) < 4.78 is 20.1. The molecule has 3 heterocycles. The van der Waals surface area contributed by atoms with Crippen LogP contribution in [0.25, 0.3) is 11.3 Å². The highest BCUT2D eigenvalue weighted by Gasteiger charge is 2.29. The quantitative estimate of drug-likeness (QED) is 0.477. The van der Waals surface area contributed by atoms with Crippen LogP contribution in [0.5, 0.6) is 0 Å². The fourth-order valence-corrected chi connectivity index (χ4v) is 4.88. The molecule has 0 N–H and O–H groups in total. The van der Waals surface area contributed by atoms with E-state index in [9.17, 15) is 14.0 Å². The fraction of sp³-hybridized carbons (Fsp3) is 0.379. The molecule has 8 nitrogen and oxygen atoms in total. The zero-order chi connectivity index (χ0) is 26.5. The number of aryl methyl sites for hydroxylation is 1. The van der Waals surface area contributed by atoms with Gasteiger partial charge in [0.15, 0.2) is 5.82 Å². The molecule has 0 aliphatic carbocycles. The van der Waals surface area contributed by atoms with Gasteiger partial charge in [0.2, 0.25) is 5.91 Å². The molecular weight excluding hydrogens is 485 g/mol. The number of rotatable bonds is 7. The Balaban J connectivity index is 1.20. The van der Waals surface area contributed by atoms with Crippen molar-refractivity contribution in [3.63, 3.8) is 0 Å². The Hall–Kier alpha value is -3.85. The van der Waals surface area contributed by atoms with Gasteiger partial charge in [-0.2, -0.15) is 0 Å². The Morgan fingerprint density at radius 3 is 2.42 bits per heavy atom. The van der Waals surface area contributed by atoms with Crippen LogP contribution in [0.1, 0.15) is 28.8 Å². The van der Waals surface area contributed by atoms with Gasteiger partial charge in [-0.15, -0.1) is 10.2 Å². The molecule has 198 valence electrons. The Morgan fingerprint density at radius 2 is 1.76 bits per heavy atom. The summed E-state index contributed by atoms with van der Waals surface area (Å²) in [4.78, 5) is 31.7. The van der Waals surface area contributed by atoms with Crippen molar-refractivity contribution in [3.05, 3.63) is 77.6 Å². The van der Waals surface area contributed by atoms with E-state index < -0.39 is 11.7 Å². The Labute approximate surface area is 222 Å². The van der Waals surface area contributed by atoms with Crippen LogP contribution in [-0.2, 0) is 9.53 Å². The lowest BCUT2D eigenvalue weighted by Crippen LogP contribution is -2.52. The van der Waals surface area contributed by atoms with Gasteiger partial charge in [-0.05, 0) is 44.0 Å². The molecule has 2 amide bonds. The summed E-state index contributed by atoms with van der Waals surface area (Å²) in [6, 6.07) is 17.9. The van der Waals surface area contributed by atoms with Gasteiger partial charge in [0, 0.05) is 44.9 Å². The average molecular weight is 518 g/mol. The third-order valence-corrected chi connectivity index (χ3v) is 7.12. The van der Waals surface area contributed by atoms with Crippen LogP contribution < -0.4 is 4.90 Å². The third-order valence-electron chi connectivity index (χ3n) is 7.12. The lowest BCUT2D eigenvalue weighted by molar-refractivity contribution is -0.132. The predicted molar refractivity (Wildman–Crippen MR) is 142 cm³/mol. The Morgan fingerprint density at radius 1 is 1.00 bits per heavy atom. The first-order valence-electron chi connectivity index (χ1n) is 13.1. The average Bonchev–Trinajstić information content (AvgIpc) is 3.46. The van der Waals surface area contributed by atoms with Crippen LogP contribution in [0.2, 0.25) is 0 Å². The second kappa shape index (κ2) is 11.7. The van der Waals surface area contributed by atoms with Crippen molar-refractivity contribution >= 4 is 17.6 Å². The van der Waals surface area contributed by atoms with Crippen LogP contribution in [0.15, 0.2) is 60.7 Å². The number of halogens is 1. The minimum Gasteiger partial charge on any atom is -0.376 e. The number of carbonyl (C=O) groups is 2. The molecule has 0 bridgehead atoms. The Bertz CT molecular complexity index is 1250. The van der Waals surface area contributed by atoms with Crippen molar-refractivity contribution in [2.75, 3.05) is 50.8 Å². The monoisotopic (exact) mass is 517 g/mol. The lowest BCUT2D eigenvalue weighted by Gasteiger charge is -2.36. The van der Waals surface area contributed by atoms with Crippen molar-refractivity contribution in [1.29, 1.82) is 0 Å². The summed E-state index contributed by atoms with van der Waals surface area (Å²) in [5.74, 6) is -0.476. The molecule has 2 aliphatic rings. The van der Waals surface area contributed by atoms with Crippen LogP contribution in [0, 0.1) is 12.7 Å². The van der Waals surface area contributed by atoms with Gasteiger partial charge in [-0.3, -0.25) is 9.59 Å². The number of amides is 2. The maximum Gasteiger partial charge on any atom is 0.257 e. The van der Waals surface area contributed by atoms with Gasteiger partial charge in [0.05, 0.1) is 17.4 Å². The van der Waals surface area contributed by atoms with E-state index in [0.717, 1.165) is 29.9 Å². The van der Waals surface area contributed by atoms with Crippen molar-refractivity contribution in [3.8, 4) is 11.3 Å². The highest BCUT2D eigenvalue weighted by Crippen LogP contribution is 2.21. The van der Waals surface area contributed by atoms with E-state index in [4.69, 9.17) is 4.74 Å². The fourth-order valence-electron chi connectivity index (χ4n) is 4.88. The number of hydrogen-bond acceptors (Lipinski definition) is 6. The normalized spacial score (nSPS) is 17.5. The predicted octanol–water partition coefficient (Wildman–Crippen LogP) is 3.56. The highest BCUT2D eigenvalue weighted by atomic mass is 19.1. The molecular formula is C29H32FN5O3. The number of aromatic nitrogens is 2. The van der Waals surface area contributed by atoms with Gasteiger partial charge in [-0.25, -0.2) is 4.39 Å². The standard InChI is InChI=1S/C29H32FN5O3/c1-21-8-10-22(11-9-21)26-12-13-27(32-31-26)33-14-16-34(17-15-33)28(36)20-35(19-23-5-4-18-38-23)29(37)24-6-2-3-7-25(24)30/h2-3,6-13,23H,4-5,14-20H2,1H3/t23-/m1/s1. The molecule has 2 aromatic carbocycles. The maximum absolute atomic E-state index is 14.4. The molecule has 0 spiro atoms. The van der Waals surface area contributed by atoms with Crippen molar-refractivity contribution in [2.45, 2.75) is 25.9 Å². The maximum atomic E-state index is 14.4. The summed E-state index contributed by atoms with van der Waals surface area (Å²) in [5, 5.41) is 8.80. The second-order valence-electron chi connectivity index (χ2n) is 9.81. The minimum atomic E-state index is -0.592. The van der Waals surface area contributed by atoms with Crippen LogP contribution >= 0.6 is 0 Å². The number of hydrogen-bond donors (Lipinski definition) is 0. The molecule has 9 heteroatoms. The second-order valence-corrected chi connectivity index (χ2v) is 9.81. The van der Waals surface area contributed by atoms with Gasteiger partial charge in [0.1, 0.15) is 12.4 Å². The smallest absolute Gasteiger partial charge is 0.257 e. The van der Waals surface area contributed by atoms with Gasteiger partial charge < -0.3 is 19.4 Å². The number of nitrogens with zero attached hydrogens (tertiary/aromatic N) is 5. The number of ether oxygens (including phenoxy) is 1. The minimum absolute atomic E-state index is 0.0317. The number of piperazine rings is 1. The zero-order valence-electron chi connectivity index (χ0n) is 21.6. The van der Waals surface area contributed by atoms with Gasteiger partial charge >= 0.3 is 0 Å². The summed E-state index contributed by atoms with van der Waals surface area (Å²) in [7, 11) is 0. The van der Waals surface area contributed by atoms with E-state index in [1.807, 2.05) is 43.3 Å². The third kappa shape index (κ3) is 5.99. The molecule has 2 saturated heterocycles. The zero-order valence-corrected chi connectivity index (χ0v) is 21.6. The molecule has 0 radical (unpaired) electrons. The topological polar surface area (TPSA) is 78.9 Å². The van der Waals surface area contributed by atoms with Crippen molar-refractivity contribution in [1.82, 2.24) is 20.0 Å². The number of anilines is 1. The van der Waals surface area contributed by atoms with Gasteiger partial charge in [0.25, 0.3) is 5.91 Å². The van der Waals surface area contributed by atoms with Crippen LogP contribution in [0.3, 0.4) is 0 Å². The lowest BCUT2D eigenvalue weighted by atomic mass is 10.1. The molecule has 1 aromatic heterocycles. The largest absolute Gasteiger partial charge is 0.376 e. The molecule has 5 rings (SSSR count). The van der Waals surface area contributed by atoms with E-state index in [1.165, 1.54) is 22.6 Å². The Kier molecular flexibility index (Phi) is 7.93. The molecule has 2 aliphatic heterocycles.